The van der Waals surface area contributed by atoms with Gasteiger partial charge in [0.2, 0.25) is 0 Å². The fourth-order valence-corrected chi connectivity index (χ4v) is 3.05. The first-order valence-electron chi connectivity index (χ1n) is 8.96. The van der Waals surface area contributed by atoms with E-state index in [0.29, 0.717) is 13.1 Å². The van der Waals surface area contributed by atoms with Crippen molar-refractivity contribution in [2.75, 3.05) is 13.2 Å². The molecule has 1 fully saturated rings. The number of ether oxygens (including phenoxy) is 1. The van der Waals surface area contributed by atoms with Gasteiger partial charge >= 0.3 is 6.03 Å². The summed E-state index contributed by atoms with van der Waals surface area (Å²) in [6.07, 6.45) is 6.56. The first-order chi connectivity index (χ1) is 12.2. The number of benzene rings is 1. The van der Waals surface area contributed by atoms with E-state index in [1.807, 2.05) is 48.1 Å². The van der Waals surface area contributed by atoms with E-state index in [4.69, 9.17) is 4.74 Å². The number of nitrogens with one attached hydrogen (secondary N) is 2. The molecule has 0 radical (unpaired) electrons. The Morgan fingerprint density at radius 2 is 2.16 bits per heavy atom. The monoisotopic (exact) mass is 342 g/mol. The van der Waals surface area contributed by atoms with Gasteiger partial charge in [-0.05, 0) is 50.3 Å². The number of rotatable bonds is 6. The third-order valence-electron chi connectivity index (χ3n) is 4.43. The van der Waals surface area contributed by atoms with Crippen molar-refractivity contribution in [3.05, 3.63) is 47.8 Å². The molecule has 2 heterocycles. The maximum absolute atomic E-state index is 12.0. The summed E-state index contributed by atoms with van der Waals surface area (Å²) >= 11 is 0. The van der Waals surface area contributed by atoms with Crippen LogP contribution in [0, 0.1) is 6.92 Å². The number of aromatic nitrogens is 2. The molecule has 3 rings (SSSR count). The second-order valence-electron chi connectivity index (χ2n) is 6.42. The van der Waals surface area contributed by atoms with E-state index in [1.165, 1.54) is 6.42 Å². The maximum Gasteiger partial charge on any atom is 0.315 e. The Morgan fingerprint density at radius 3 is 2.92 bits per heavy atom. The molecule has 1 aliphatic heterocycles. The van der Waals surface area contributed by atoms with Crippen molar-refractivity contribution < 1.29 is 9.53 Å². The van der Waals surface area contributed by atoms with Gasteiger partial charge in [-0.3, -0.25) is 0 Å². The summed E-state index contributed by atoms with van der Waals surface area (Å²) in [5.74, 6) is 0. The summed E-state index contributed by atoms with van der Waals surface area (Å²) in [6, 6.07) is 9.76. The summed E-state index contributed by atoms with van der Waals surface area (Å²) in [5, 5.41) is 10.3. The van der Waals surface area contributed by atoms with Gasteiger partial charge in [-0.25, -0.2) is 9.48 Å². The van der Waals surface area contributed by atoms with Gasteiger partial charge in [-0.2, -0.15) is 5.10 Å². The van der Waals surface area contributed by atoms with E-state index >= 15 is 0 Å². The van der Waals surface area contributed by atoms with Crippen molar-refractivity contribution in [1.82, 2.24) is 20.4 Å². The molecule has 1 aliphatic rings. The number of amides is 2. The highest BCUT2D eigenvalue weighted by Crippen LogP contribution is 2.15. The Hall–Kier alpha value is -2.34. The van der Waals surface area contributed by atoms with Gasteiger partial charge in [0.05, 0.1) is 17.5 Å². The van der Waals surface area contributed by atoms with Crippen molar-refractivity contribution >= 4 is 6.03 Å². The molecule has 134 valence electrons. The second-order valence-corrected chi connectivity index (χ2v) is 6.42. The molecule has 2 aromatic rings. The molecule has 6 nitrogen and oxygen atoms in total. The van der Waals surface area contributed by atoms with Crippen LogP contribution in [0.5, 0.6) is 0 Å². The lowest BCUT2D eigenvalue weighted by atomic mass is 10.1. The summed E-state index contributed by atoms with van der Waals surface area (Å²) < 4.78 is 7.51. The normalized spacial score (nSPS) is 17.2. The molecule has 2 amide bonds. The molecule has 0 spiro atoms. The standard InChI is InChI=1S/C19H26N4O2/c1-15-10-12-23(22-15)18-8-3-2-6-16(18)14-21-19(24)20-11-9-17-7-4-5-13-25-17/h2-3,6,8,10,12,17H,4-5,7,9,11,13-14H2,1H3,(H2,20,21,24)/t17-/m1/s1. The van der Waals surface area contributed by atoms with E-state index in [9.17, 15) is 4.79 Å². The number of nitrogens with zero attached hydrogens (tertiary/aromatic N) is 2. The van der Waals surface area contributed by atoms with Gasteiger partial charge < -0.3 is 15.4 Å². The van der Waals surface area contributed by atoms with Crippen molar-refractivity contribution in [3.8, 4) is 5.69 Å². The molecular formula is C19H26N4O2. The van der Waals surface area contributed by atoms with Crippen LogP contribution in [-0.4, -0.2) is 35.1 Å². The van der Waals surface area contributed by atoms with E-state index in [2.05, 4.69) is 15.7 Å². The zero-order valence-corrected chi connectivity index (χ0v) is 14.7. The molecule has 1 atom stereocenters. The fraction of sp³-hybridized carbons (Fsp3) is 0.474. The van der Waals surface area contributed by atoms with Crippen LogP contribution in [-0.2, 0) is 11.3 Å². The maximum atomic E-state index is 12.0. The Balaban J connectivity index is 1.47. The fourth-order valence-electron chi connectivity index (χ4n) is 3.05. The smallest absolute Gasteiger partial charge is 0.315 e. The van der Waals surface area contributed by atoms with Crippen molar-refractivity contribution in [1.29, 1.82) is 0 Å². The average Bonchev–Trinajstić information content (AvgIpc) is 3.07. The third kappa shape index (κ3) is 5.06. The van der Waals surface area contributed by atoms with Crippen LogP contribution in [0.1, 0.15) is 36.9 Å². The lowest BCUT2D eigenvalue weighted by Gasteiger charge is -2.22. The van der Waals surface area contributed by atoms with Crippen LogP contribution in [0.3, 0.4) is 0 Å². The van der Waals surface area contributed by atoms with Crippen molar-refractivity contribution in [2.24, 2.45) is 0 Å². The second kappa shape index (κ2) is 8.67. The molecule has 0 aliphatic carbocycles. The lowest BCUT2D eigenvalue weighted by molar-refractivity contribution is 0.0120. The van der Waals surface area contributed by atoms with E-state index < -0.39 is 0 Å². The molecule has 0 saturated carbocycles. The minimum atomic E-state index is -0.151. The predicted molar refractivity (Wildman–Crippen MR) is 96.7 cm³/mol. The van der Waals surface area contributed by atoms with Crippen LogP contribution < -0.4 is 10.6 Å². The highest BCUT2D eigenvalue weighted by Gasteiger charge is 2.13. The number of carbonyl (C=O) groups excluding carboxylic acids is 1. The van der Waals surface area contributed by atoms with Crippen LogP contribution in [0.15, 0.2) is 36.5 Å². The van der Waals surface area contributed by atoms with Crippen LogP contribution in [0.2, 0.25) is 0 Å². The molecular weight excluding hydrogens is 316 g/mol. The number of aryl methyl sites for hydroxylation is 1. The zero-order chi connectivity index (χ0) is 17.5. The number of urea groups is 1. The van der Waals surface area contributed by atoms with Gasteiger partial charge in [0.15, 0.2) is 0 Å². The molecule has 1 aromatic carbocycles. The van der Waals surface area contributed by atoms with Gasteiger partial charge in [-0.15, -0.1) is 0 Å². The lowest BCUT2D eigenvalue weighted by Crippen LogP contribution is -2.37. The number of hydrogen-bond acceptors (Lipinski definition) is 3. The number of hydrogen-bond donors (Lipinski definition) is 2. The quantitative estimate of drug-likeness (QED) is 0.848. The summed E-state index contributed by atoms with van der Waals surface area (Å²) in [4.78, 5) is 12.0. The molecule has 1 saturated heterocycles. The van der Waals surface area contributed by atoms with Crippen molar-refractivity contribution in [2.45, 2.75) is 45.3 Å². The van der Waals surface area contributed by atoms with Crippen LogP contribution >= 0.6 is 0 Å². The molecule has 2 N–H and O–H groups in total. The van der Waals surface area contributed by atoms with Crippen LogP contribution in [0.4, 0.5) is 4.79 Å². The Labute approximate surface area is 148 Å². The first-order valence-corrected chi connectivity index (χ1v) is 8.96. The SMILES string of the molecule is Cc1ccn(-c2ccccc2CNC(=O)NCC[C@H]2CCCCO2)n1. The van der Waals surface area contributed by atoms with E-state index in [0.717, 1.165) is 42.8 Å². The zero-order valence-electron chi connectivity index (χ0n) is 14.7. The minimum Gasteiger partial charge on any atom is -0.378 e. The van der Waals surface area contributed by atoms with E-state index in [-0.39, 0.29) is 12.1 Å². The largest absolute Gasteiger partial charge is 0.378 e. The Kier molecular flexibility index (Phi) is 6.06. The molecule has 0 unspecified atom stereocenters. The third-order valence-corrected chi connectivity index (χ3v) is 4.43. The van der Waals surface area contributed by atoms with E-state index in [1.54, 1.807) is 0 Å². The minimum absolute atomic E-state index is 0.151. The Morgan fingerprint density at radius 1 is 1.28 bits per heavy atom. The Bertz CT molecular complexity index is 692. The van der Waals surface area contributed by atoms with Gasteiger partial charge in [0.25, 0.3) is 0 Å². The topological polar surface area (TPSA) is 68.2 Å². The highest BCUT2D eigenvalue weighted by atomic mass is 16.5. The first kappa shape index (κ1) is 17.5. The predicted octanol–water partition coefficient (Wildman–Crippen LogP) is 2.94. The summed E-state index contributed by atoms with van der Waals surface area (Å²) in [7, 11) is 0. The molecule has 1 aromatic heterocycles. The van der Waals surface area contributed by atoms with Gasteiger partial charge in [0.1, 0.15) is 0 Å². The summed E-state index contributed by atoms with van der Waals surface area (Å²) in [5.41, 5.74) is 2.97. The van der Waals surface area contributed by atoms with Crippen LogP contribution in [0.25, 0.3) is 5.69 Å². The van der Waals surface area contributed by atoms with Gasteiger partial charge in [0, 0.05) is 25.9 Å². The highest BCUT2D eigenvalue weighted by molar-refractivity contribution is 5.73. The molecule has 25 heavy (non-hydrogen) atoms. The average molecular weight is 342 g/mol. The molecule has 0 bridgehead atoms. The number of carbonyl (C=O) groups is 1. The van der Waals surface area contributed by atoms with Gasteiger partial charge in [-0.1, -0.05) is 18.2 Å². The summed E-state index contributed by atoms with van der Waals surface area (Å²) in [6.45, 7) is 3.90. The number of para-hydroxylation sites is 1. The molecule has 6 heteroatoms. The van der Waals surface area contributed by atoms with Crippen molar-refractivity contribution in [3.63, 3.8) is 0 Å².